The fraction of sp³-hybridized carbons (Fsp3) is 0.600. The molecule has 0 aromatic heterocycles. The molecule has 92 valence electrons. The van der Waals surface area contributed by atoms with Crippen LogP contribution in [0, 0.1) is 0 Å². The monoisotopic (exact) mass is 230 g/mol. The summed E-state index contributed by atoms with van der Waals surface area (Å²) in [6, 6.07) is 9.58. The minimum absolute atomic E-state index is 0.782. The molecule has 0 radical (unpaired) electrons. The van der Waals surface area contributed by atoms with Crippen LogP contribution in [-0.4, -0.2) is 19.1 Å². The number of rotatable bonds is 1. The van der Waals surface area contributed by atoms with Crippen LogP contribution >= 0.6 is 0 Å². The number of benzene rings is 1. The third-order valence-corrected chi connectivity index (χ3v) is 4.12. The van der Waals surface area contributed by atoms with Gasteiger partial charge in [-0.3, -0.25) is 0 Å². The quantitative estimate of drug-likeness (QED) is 0.792. The molecule has 1 aliphatic carbocycles. The van der Waals surface area contributed by atoms with Gasteiger partial charge in [-0.25, -0.2) is 0 Å². The highest BCUT2D eigenvalue weighted by Crippen LogP contribution is 2.33. The molecule has 3 rings (SSSR count). The van der Waals surface area contributed by atoms with Crippen LogP contribution in [0.15, 0.2) is 24.3 Å². The highest BCUT2D eigenvalue weighted by Gasteiger charge is 2.24. The zero-order chi connectivity index (χ0) is 11.5. The van der Waals surface area contributed by atoms with Gasteiger partial charge in [-0.2, -0.15) is 0 Å². The largest absolute Gasteiger partial charge is 0.383 e. The Morgan fingerprint density at radius 3 is 2.71 bits per heavy atom. The van der Waals surface area contributed by atoms with E-state index in [1.807, 2.05) is 0 Å². The molecule has 2 heteroatoms. The van der Waals surface area contributed by atoms with Crippen LogP contribution < -0.4 is 10.2 Å². The molecule has 17 heavy (non-hydrogen) atoms. The standard InChI is InChI=1S/C15H22N2/c1-2-7-13(8-3-1)17-12-6-11-16-14-9-4-5-10-15(14)17/h4-5,9-10,13,16H,1-3,6-8,11-12H2. The first-order chi connectivity index (χ1) is 8.45. The maximum atomic E-state index is 3.55. The molecule has 1 saturated carbocycles. The predicted octanol–water partition coefficient (Wildman–Crippen LogP) is 3.64. The maximum Gasteiger partial charge on any atom is 0.0604 e. The van der Waals surface area contributed by atoms with Gasteiger partial charge in [0.15, 0.2) is 0 Å². The zero-order valence-electron chi connectivity index (χ0n) is 10.5. The highest BCUT2D eigenvalue weighted by molar-refractivity contribution is 5.71. The van der Waals surface area contributed by atoms with Crippen LogP contribution in [0.2, 0.25) is 0 Å². The van der Waals surface area contributed by atoms with Gasteiger partial charge in [-0.05, 0) is 31.4 Å². The number of para-hydroxylation sites is 2. The third kappa shape index (κ3) is 2.26. The fourth-order valence-electron chi connectivity index (χ4n) is 3.24. The van der Waals surface area contributed by atoms with Crippen molar-refractivity contribution in [2.75, 3.05) is 23.3 Å². The summed E-state index contributed by atoms with van der Waals surface area (Å²) in [6.07, 6.45) is 8.28. The van der Waals surface area contributed by atoms with Crippen molar-refractivity contribution in [2.24, 2.45) is 0 Å². The summed E-state index contributed by atoms with van der Waals surface area (Å²) in [7, 11) is 0. The number of nitrogens with one attached hydrogen (secondary N) is 1. The second-order valence-corrected chi connectivity index (χ2v) is 5.28. The molecule has 0 atom stereocenters. The number of fused-ring (bicyclic) bond motifs is 1. The molecular weight excluding hydrogens is 208 g/mol. The van der Waals surface area contributed by atoms with Gasteiger partial charge < -0.3 is 10.2 Å². The van der Waals surface area contributed by atoms with E-state index in [2.05, 4.69) is 34.5 Å². The van der Waals surface area contributed by atoms with Crippen molar-refractivity contribution in [1.29, 1.82) is 0 Å². The van der Waals surface area contributed by atoms with Gasteiger partial charge in [0.1, 0.15) is 0 Å². The number of nitrogens with zero attached hydrogens (tertiary/aromatic N) is 1. The van der Waals surface area contributed by atoms with Gasteiger partial charge in [-0.15, -0.1) is 0 Å². The SMILES string of the molecule is c1ccc2c(c1)NCCCN2C1CCCCC1. The second-order valence-electron chi connectivity index (χ2n) is 5.28. The smallest absolute Gasteiger partial charge is 0.0604 e. The molecule has 1 fully saturated rings. The van der Waals surface area contributed by atoms with Crippen LogP contribution in [-0.2, 0) is 0 Å². The van der Waals surface area contributed by atoms with Gasteiger partial charge in [0.25, 0.3) is 0 Å². The summed E-state index contributed by atoms with van der Waals surface area (Å²) in [4.78, 5) is 2.66. The van der Waals surface area contributed by atoms with Crippen LogP contribution in [0.3, 0.4) is 0 Å². The average Bonchev–Trinajstić information content (AvgIpc) is 2.62. The first-order valence-corrected chi connectivity index (χ1v) is 7.05. The Labute approximate surface area is 104 Å². The molecule has 0 saturated heterocycles. The summed E-state index contributed by atoms with van der Waals surface area (Å²) < 4.78 is 0. The van der Waals surface area contributed by atoms with E-state index in [-0.39, 0.29) is 0 Å². The molecule has 2 aliphatic rings. The Balaban J connectivity index is 1.88. The highest BCUT2D eigenvalue weighted by atomic mass is 15.2. The summed E-state index contributed by atoms with van der Waals surface area (Å²) in [5, 5.41) is 3.55. The van der Waals surface area contributed by atoms with E-state index >= 15 is 0 Å². The van der Waals surface area contributed by atoms with Gasteiger partial charge in [0.05, 0.1) is 11.4 Å². The normalized spacial score (nSPS) is 21.5. The van der Waals surface area contributed by atoms with Gasteiger partial charge in [0, 0.05) is 19.1 Å². The maximum absolute atomic E-state index is 3.55. The van der Waals surface area contributed by atoms with E-state index in [4.69, 9.17) is 0 Å². The molecular formula is C15H22N2. The van der Waals surface area contributed by atoms with E-state index in [0.29, 0.717) is 0 Å². The molecule has 1 aromatic rings. The van der Waals surface area contributed by atoms with Crippen LogP contribution in [0.5, 0.6) is 0 Å². The van der Waals surface area contributed by atoms with Crippen LogP contribution in [0.25, 0.3) is 0 Å². The first kappa shape index (κ1) is 10.9. The van der Waals surface area contributed by atoms with Gasteiger partial charge in [-0.1, -0.05) is 31.4 Å². The van der Waals surface area contributed by atoms with Gasteiger partial charge >= 0.3 is 0 Å². The topological polar surface area (TPSA) is 15.3 Å². The molecule has 0 spiro atoms. The van der Waals surface area contributed by atoms with Crippen LogP contribution in [0.4, 0.5) is 11.4 Å². The van der Waals surface area contributed by atoms with Crippen molar-refractivity contribution >= 4 is 11.4 Å². The summed E-state index contributed by atoms with van der Waals surface area (Å²) in [5.41, 5.74) is 2.76. The Morgan fingerprint density at radius 1 is 1.00 bits per heavy atom. The van der Waals surface area contributed by atoms with Crippen molar-refractivity contribution in [3.63, 3.8) is 0 Å². The summed E-state index contributed by atoms with van der Waals surface area (Å²) in [5.74, 6) is 0. The molecule has 0 amide bonds. The first-order valence-electron chi connectivity index (χ1n) is 7.05. The lowest BCUT2D eigenvalue weighted by Crippen LogP contribution is -2.37. The van der Waals surface area contributed by atoms with Crippen molar-refractivity contribution in [3.05, 3.63) is 24.3 Å². The zero-order valence-corrected chi connectivity index (χ0v) is 10.5. The van der Waals surface area contributed by atoms with E-state index < -0.39 is 0 Å². The third-order valence-electron chi connectivity index (χ3n) is 4.12. The lowest BCUT2D eigenvalue weighted by Gasteiger charge is -2.36. The summed E-state index contributed by atoms with van der Waals surface area (Å²) in [6.45, 7) is 2.33. The number of hydrogen-bond acceptors (Lipinski definition) is 2. The molecule has 1 N–H and O–H groups in total. The molecule has 0 bridgehead atoms. The fourth-order valence-corrected chi connectivity index (χ4v) is 3.24. The lowest BCUT2D eigenvalue weighted by molar-refractivity contribution is 0.415. The Hall–Kier alpha value is -1.18. The van der Waals surface area contributed by atoms with Crippen molar-refractivity contribution < 1.29 is 0 Å². The van der Waals surface area contributed by atoms with Crippen molar-refractivity contribution in [1.82, 2.24) is 0 Å². The van der Waals surface area contributed by atoms with Crippen molar-refractivity contribution in [3.8, 4) is 0 Å². The van der Waals surface area contributed by atoms with E-state index in [0.717, 1.165) is 12.6 Å². The predicted molar refractivity (Wildman–Crippen MR) is 73.8 cm³/mol. The molecule has 1 heterocycles. The van der Waals surface area contributed by atoms with E-state index in [1.54, 1.807) is 0 Å². The minimum atomic E-state index is 0.782. The minimum Gasteiger partial charge on any atom is -0.383 e. The number of anilines is 2. The molecule has 2 nitrogen and oxygen atoms in total. The summed E-state index contributed by atoms with van der Waals surface area (Å²) >= 11 is 0. The van der Waals surface area contributed by atoms with E-state index in [9.17, 15) is 0 Å². The van der Waals surface area contributed by atoms with Gasteiger partial charge in [0.2, 0.25) is 0 Å². The lowest BCUT2D eigenvalue weighted by atomic mass is 9.93. The Kier molecular flexibility index (Phi) is 3.21. The Bertz CT molecular complexity index is 369. The average molecular weight is 230 g/mol. The second kappa shape index (κ2) is 4.99. The van der Waals surface area contributed by atoms with Crippen molar-refractivity contribution in [2.45, 2.75) is 44.6 Å². The van der Waals surface area contributed by atoms with E-state index in [1.165, 1.54) is 56.4 Å². The van der Waals surface area contributed by atoms with Crippen LogP contribution in [0.1, 0.15) is 38.5 Å². The molecule has 0 unspecified atom stereocenters. The molecule has 1 aromatic carbocycles. The molecule has 1 aliphatic heterocycles. The number of hydrogen-bond donors (Lipinski definition) is 1. The Morgan fingerprint density at radius 2 is 1.82 bits per heavy atom.